The summed E-state index contributed by atoms with van der Waals surface area (Å²) in [5.74, 6) is 1.53. The molecule has 1 fully saturated rings. The highest BCUT2D eigenvalue weighted by Crippen LogP contribution is 2.32. The Morgan fingerprint density at radius 2 is 1.87 bits per heavy atom. The number of rotatable bonds is 6. The first-order chi connectivity index (χ1) is 11.3. The number of aromatic nitrogens is 1. The van der Waals surface area contributed by atoms with E-state index in [1.165, 1.54) is 12.8 Å². The standard InChI is InChI=1S/C19H21NO3/c1-22-18-7-6-14(12-17(21)15-8-10-20-11-9-15)13-19(18)23-16-4-2-3-5-16/h6-11,13,16H,2-5,12H2,1H3. The van der Waals surface area contributed by atoms with Crippen molar-refractivity contribution < 1.29 is 14.3 Å². The minimum absolute atomic E-state index is 0.0735. The zero-order valence-electron chi connectivity index (χ0n) is 13.3. The van der Waals surface area contributed by atoms with Gasteiger partial charge in [-0.1, -0.05) is 6.07 Å². The normalized spacial score (nSPS) is 14.7. The molecule has 0 spiro atoms. The van der Waals surface area contributed by atoms with E-state index in [1.54, 1.807) is 31.6 Å². The van der Waals surface area contributed by atoms with Crippen LogP contribution in [0.4, 0.5) is 0 Å². The molecule has 1 saturated carbocycles. The largest absolute Gasteiger partial charge is 0.493 e. The Balaban J connectivity index is 1.75. The molecule has 1 aromatic heterocycles. The number of methoxy groups -OCH3 is 1. The van der Waals surface area contributed by atoms with E-state index in [-0.39, 0.29) is 11.9 Å². The summed E-state index contributed by atoms with van der Waals surface area (Å²) in [7, 11) is 1.64. The molecule has 1 heterocycles. The van der Waals surface area contributed by atoms with Crippen LogP contribution in [0.25, 0.3) is 0 Å². The quantitative estimate of drug-likeness (QED) is 0.761. The maximum Gasteiger partial charge on any atom is 0.167 e. The molecule has 1 aliphatic carbocycles. The maximum absolute atomic E-state index is 12.3. The number of carbonyl (C=O) groups is 1. The highest BCUT2D eigenvalue weighted by atomic mass is 16.5. The zero-order valence-corrected chi connectivity index (χ0v) is 13.3. The molecular formula is C19H21NO3. The highest BCUT2D eigenvalue weighted by molar-refractivity contribution is 5.97. The molecule has 0 N–H and O–H groups in total. The summed E-state index contributed by atoms with van der Waals surface area (Å²) in [5.41, 5.74) is 1.61. The van der Waals surface area contributed by atoms with Crippen molar-refractivity contribution in [1.29, 1.82) is 0 Å². The molecule has 0 atom stereocenters. The Bertz CT molecular complexity index is 664. The summed E-state index contributed by atoms with van der Waals surface area (Å²) in [6.45, 7) is 0. The Morgan fingerprint density at radius 1 is 1.13 bits per heavy atom. The van der Waals surface area contributed by atoms with Crippen molar-refractivity contribution in [3.05, 3.63) is 53.9 Å². The molecule has 1 aliphatic rings. The van der Waals surface area contributed by atoms with Gasteiger partial charge in [0.05, 0.1) is 13.2 Å². The van der Waals surface area contributed by atoms with Gasteiger partial charge in [0.15, 0.2) is 17.3 Å². The summed E-state index contributed by atoms with van der Waals surface area (Å²) in [5, 5.41) is 0. The van der Waals surface area contributed by atoms with Gasteiger partial charge in [0.2, 0.25) is 0 Å². The number of Topliss-reactive ketones (excluding diaryl/α,β-unsaturated/α-hetero) is 1. The molecular weight excluding hydrogens is 290 g/mol. The minimum Gasteiger partial charge on any atom is -0.493 e. The molecule has 0 amide bonds. The van der Waals surface area contributed by atoms with Crippen LogP contribution in [-0.4, -0.2) is 24.0 Å². The van der Waals surface area contributed by atoms with E-state index in [0.29, 0.717) is 12.0 Å². The fraction of sp³-hybridized carbons (Fsp3) is 0.368. The Kier molecular flexibility index (Phi) is 4.91. The van der Waals surface area contributed by atoms with Gasteiger partial charge in [-0.05, 0) is 55.5 Å². The number of nitrogens with zero attached hydrogens (tertiary/aromatic N) is 1. The monoisotopic (exact) mass is 311 g/mol. The van der Waals surface area contributed by atoms with Crippen LogP contribution in [0.1, 0.15) is 41.6 Å². The predicted molar refractivity (Wildman–Crippen MR) is 88.1 cm³/mol. The van der Waals surface area contributed by atoms with Gasteiger partial charge in [0.25, 0.3) is 0 Å². The van der Waals surface area contributed by atoms with E-state index >= 15 is 0 Å². The van der Waals surface area contributed by atoms with Crippen LogP contribution in [0.15, 0.2) is 42.7 Å². The summed E-state index contributed by atoms with van der Waals surface area (Å²) < 4.78 is 11.5. The first-order valence-corrected chi connectivity index (χ1v) is 8.03. The number of carbonyl (C=O) groups excluding carboxylic acids is 1. The number of hydrogen-bond acceptors (Lipinski definition) is 4. The topological polar surface area (TPSA) is 48.4 Å². The van der Waals surface area contributed by atoms with Gasteiger partial charge in [0.1, 0.15) is 0 Å². The lowest BCUT2D eigenvalue weighted by Gasteiger charge is -2.16. The summed E-state index contributed by atoms with van der Waals surface area (Å²) in [6.07, 6.45) is 8.48. The predicted octanol–water partition coefficient (Wildman–Crippen LogP) is 3.84. The smallest absolute Gasteiger partial charge is 0.167 e. The van der Waals surface area contributed by atoms with Crippen molar-refractivity contribution in [2.45, 2.75) is 38.2 Å². The maximum atomic E-state index is 12.3. The SMILES string of the molecule is COc1ccc(CC(=O)c2ccncc2)cc1OC1CCCC1. The van der Waals surface area contributed by atoms with Gasteiger partial charge in [-0.25, -0.2) is 0 Å². The number of hydrogen-bond donors (Lipinski definition) is 0. The third-order valence-electron chi connectivity index (χ3n) is 4.19. The molecule has 0 radical (unpaired) electrons. The molecule has 3 rings (SSSR count). The first-order valence-electron chi connectivity index (χ1n) is 8.03. The van der Waals surface area contributed by atoms with Crippen LogP contribution in [0.2, 0.25) is 0 Å². The van der Waals surface area contributed by atoms with Gasteiger partial charge in [0, 0.05) is 24.4 Å². The van der Waals surface area contributed by atoms with Crippen molar-refractivity contribution in [3.63, 3.8) is 0 Å². The molecule has 23 heavy (non-hydrogen) atoms. The van der Waals surface area contributed by atoms with Crippen molar-refractivity contribution in [2.24, 2.45) is 0 Å². The number of benzene rings is 1. The molecule has 2 aromatic rings. The lowest BCUT2D eigenvalue weighted by molar-refractivity contribution is 0.0992. The van der Waals surface area contributed by atoms with E-state index in [0.717, 1.165) is 29.9 Å². The molecule has 0 bridgehead atoms. The van der Waals surface area contributed by atoms with E-state index in [9.17, 15) is 4.79 Å². The second-order valence-electron chi connectivity index (χ2n) is 5.85. The van der Waals surface area contributed by atoms with Gasteiger partial charge in [-0.15, -0.1) is 0 Å². The minimum atomic E-state index is 0.0735. The van der Waals surface area contributed by atoms with Crippen LogP contribution in [0.5, 0.6) is 11.5 Å². The van der Waals surface area contributed by atoms with E-state index in [2.05, 4.69) is 4.98 Å². The average molecular weight is 311 g/mol. The molecule has 4 nitrogen and oxygen atoms in total. The summed E-state index contributed by atoms with van der Waals surface area (Å²) >= 11 is 0. The van der Waals surface area contributed by atoms with E-state index in [1.807, 2.05) is 18.2 Å². The molecule has 0 unspecified atom stereocenters. The Hall–Kier alpha value is -2.36. The van der Waals surface area contributed by atoms with Crippen LogP contribution in [-0.2, 0) is 6.42 Å². The Morgan fingerprint density at radius 3 is 2.57 bits per heavy atom. The van der Waals surface area contributed by atoms with Gasteiger partial charge in [-0.3, -0.25) is 9.78 Å². The van der Waals surface area contributed by atoms with Crippen LogP contribution in [0.3, 0.4) is 0 Å². The van der Waals surface area contributed by atoms with Crippen molar-refractivity contribution in [2.75, 3.05) is 7.11 Å². The second-order valence-corrected chi connectivity index (χ2v) is 5.85. The Labute approximate surface area is 136 Å². The van der Waals surface area contributed by atoms with Crippen molar-refractivity contribution >= 4 is 5.78 Å². The van der Waals surface area contributed by atoms with Gasteiger partial charge < -0.3 is 9.47 Å². The molecule has 120 valence electrons. The lowest BCUT2D eigenvalue weighted by atomic mass is 10.0. The van der Waals surface area contributed by atoms with Gasteiger partial charge >= 0.3 is 0 Å². The summed E-state index contributed by atoms with van der Waals surface area (Å²) in [4.78, 5) is 16.3. The fourth-order valence-corrected chi connectivity index (χ4v) is 2.93. The zero-order chi connectivity index (χ0) is 16.1. The fourth-order valence-electron chi connectivity index (χ4n) is 2.93. The summed E-state index contributed by atoms with van der Waals surface area (Å²) in [6, 6.07) is 9.19. The molecule has 0 aliphatic heterocycles. The van der Waals surface area contributed by atoms with E-state index < -0.39 is 0 Å². The molecule has 0 saturated heterocycles. The van der Waals surface area contributed by atoms with Crippen LogP contribution in [0, 0.1) is 0 Å². The second kappa shape index (κ2) is 7.27. The van der Waals surface area contributed by atoms with Crippen molar-refractivity contribution in [3.8, 4) is 11.5 Å². The third-order valence-corrected chi connectivity index (χ3v) is 4.19. The van der Waals surface area contributed by atoms with Crippen LogP contribution < -0.4 is 9.47 Å². The van der Waals surface area contributed by atoms with Crippen LogP contribution >= 0.6 is 0 Å². The average Bonchev–Trinajstić information content (AvgIpc) is 3.09. The highest BCUT2D eigenvalue weighted by Gasteiger charge is 2.19. The number of ether oxygens (including phenoxy) is 2. The van der Waals surface area contributed by atoms with E-state index in [4.69, 9.17) is 9.47 Å². The number of pyridine rings is 1. The lowest BCUT2D eigenvalue weighted by Crippen LogP contribution is -2.12. The third kappa shape index (κ3) is 3.89. The van der Waals surface area contributed by atoms with Gasteiger partial charge in [-0.2, -0.15) is 0 Å². The number of ketones is 1. The van der Waals surface area contributed by atoms with Crippen molar-refractivity contribution in [1.82, 2.24) is 4.98 Å². The molecule has 4 heteroatoms. The first kappa shape index (κ1) is 15.5. The molecule has 1 aromatic carbocycles.